The van der Waals surface area contributed by atoms with Crippen LogP contribution in [-0.4, -0.2) is 94.3 Å². The molecule has 9 nitrogen and oxygen atoms in total. The van der Waals surface area contributed by atoms with E-state index in [9.17, 15) is 25.2 Å². The van der Waals surface area contributed by atoms with Gasteiger partial charge < -0.3 is 39.5 Å². The summed E-state index contributed by atoms with van der Waals surface area (Å²) in [7, 11) is 0. The summed E-state index contributed by atoms with van der Waals surface area (Å²) in [6, 6.07) is 11.2. The van der Waals surface area contributed by atoms with Crippen molar-refractivity contribution in [1.82, 2.24) is 4.90 Å². The standard InChI is InChI=1S/C26H33NO8/c1-15-10-18(13-19(11-15)24(31)27-6-8-33-9-7-27)17-4-5-20(16(2)12-17)34-25-26(3,32)23(30)22(29)21(14-28)35-25/h4-5,10-13,21-23,25,28-30,32H,6-9,14H2,1-3H3/t21-,22-,23+,25+,26+/m1/s1. The Bertz CT molecular complexity index is 1070. The van der Waals surface area contributed by atoms with E-state index in [0.717, 1.165) is 22.3 Å². The smallest absolute Gasteiger partial charge is 0.254 e. The molecule has 2 saturated heterocycles. The van der Waals surface area contributed by atoms with Crippen LogP contribution in [0.15, 0.2) is 36.4 Å². The lowest BCUT2D eigenvalue weighted by Crippen LogP contribution is -2.66. The highest BCUT2D eigenvalue weighted by molar-refractivity contribution is 5.96. The molecule has 2 heterocycles. The molecule has 4 N–H and O–H groups in total. The molecule has 0 aliphatic carbocycles. The topological polar surface area (TPSA) is 129 Å². The number of hydrogen-bond donors (Lipinski definition) is 4. The van der Waals surface area contributed by atoms with E-state index in [-0.39, 0.29) is 5.91 Å². The van der Waals surface area contributed by atoms with Gasteiger partial charge in [-0.25, -0.2) is 0 Å². The predicted octanol–water partition coefficient (Wildman–Crippen LogP) is 1.01. The fraction of sp³-hybridized carbons (Fsp3) is 0.500. The van der Waals surface area contributed by atoms with E-state index in [0.29, 0.717) is 37.6 Å². The fourth-order valence-electron chi connectivity index (χ4n) is 4.46. The van der Waals surface area contributed by atoms with Crippen molar-refractivity contribution in [2.45, 2.75) is 51.0 Å². The summed E-state index contributed by atoms with van der Waals surface area (Å²) in [4.78, 5) is 14.8. The van der Waals surface area contributed by atoms with Crippen LogP contribution >= 0.6 is 0 Å². The number of carbonyl (C=O) groups excluding carboxylic acids is 1. The Labute approximate surface area is 204 Å². The number of morpholine rings is 1. The van der Waals surface area contributed by atoms with Crippen molar-refractivity contribution >= 4 is 5.91 Å². The van der Waals surface area contributed by atoms with Crippen LogP contribution in [-0.2, 0) is 9.47 Å². The van der Waals surface area contributed by atoms with Gasteiger partial charge in [0.2, 0.25) is 6.29 Å². The van der Waals surface area contributed by atoms with Crippen molar-refractivity contribution in [3.05, 3.63) is 53.1 Å². The lowest BCUT2D eigenvalue weighted by atomic mass is 9.88. The molecule has 9 heteroatoms. The third-order valence-electron chi connectivity index (χ3n) is 6.62. The number of aryl methyl sites for hydroxylation is 2. The molecule has 1 amide bonds. The van der Waals surface area contributed by atoms with E-state index in [1.54, 1.807) is 11.0 Å². The van der Waals surface area contributed by atoms with Crippen LogP contribution in [0.4, 0.5) is 0 Å². The number of amides is 1. The second kappa shape index (κ2) is 10.2. The summed E-state index contributed by atoms with van der Waals surface area (Å²) in [5.41, 5.74) is 2.19. The van der Waals surface area contributed by atoms with Crippen LogP contribution in [0, 0.1) is 13.8 Å². The maximum absolute atomic E-state index is 13.0. The van der Waals surface area contributed by atoms with Crippen molar-refractivity contribution in [2.75, 3.05) is 32.9 Å². The normalized spacial score (nSPS) is 29.2. The third-order valence-corrected chi connectivity index (χ3v) is 6.62. The van der Waals surface area contributed by atoms with Crippen molar-refractivity contribution in [2.24, 2.45) is 0 Å². The molecule has 2 fully saturated rings. The molecule has 0 saturated carbocycles. The molecule has 2 aliphatic heterocycles. The van der Waals surface area contributed by atoms with Crippen molar-refractivity contribution in [3.63, 3.8) is 0 Å². The molecule has 2 aromatic carbocycles. The van der Waals surface area contributed by atoms with Gasteiger partial charge in [-0.1, -0.05) is 12.1 Å². The minimum Gasteiger partial charge on any atom is -0.461 e. The van der Waals surface area contributed by atoms with E-state index >= 15 is 0 Å². The van der Waals surface area contributed by atoms with E-state index in [4.69, 9.17) is 14.2 Å². The van der Waals surface area contributed by atoms with Gasteiger partial charge in [-0.05, 0) is 67.3 Å². The molecular formula is C26H33NO8. The number of rotatable bonds is 5. The highest BCUT2D eigenvalue weighted by Gasteiger charge is 2.53. The number of nitrogens with zero attached hydrogens (tertiary/aromatic N) is 1. The van der Waals surface area contributed by atoms with E-state index in [1.807, 2.05) is 44.2 Å². The van der Waals surface area contributed by atoms with Gasteiger partial charge in [0.05, 0.1) is 19.8 Å². The Hall–Kier alpha value is -2.53. The minimum absolute atomic E-state index is 0.0224. The van der Waals surface area contributed by atoms with Gasteiger partial charge in [0.25, 0.3) is 5.91 Å². The Balaban J connectivity index is 1.56. The van der Waals surface area contributed by atoms with Crippen molar-refractivity contribution in [3.8, 4) is 16.9 Å². The van der Waals surface area contributed by atoms with Gasteiger partial charge in [0.15, 0.2) is 5.60 Å². The zero-order valence-electron chi connectivity index (χ0n) is 20.2. The first-order valence-electron chi connectivity index (χ1n) is 11.7. The Morgan fingerprint density at radius 1 is 1.11 bits per heavy atom. The zero-order chi connectivity index (χ0) is 25.3. The maximum atomic E-state index is 13.0. The van der Waals surface area contributed by atoms with Crippen molar-refractivity contribution < 1.29 is 39.4 Å². The average molecular weight is 488 g/mol. The number of ether oxygens (including phenoxy) is 3. The molecule has 5 atom stereocenters. The highest BCUT2D eigenvalue weighted by atomic mass is 16.7. The van der Waals surface area contributed by atoms with Crippen LogP contribution in [0.5, 0.6) is 5.75 Å². The highest BCUT2D eigenvalue weighted by Crippen LogP contribution is 2.34. The largest absolute Gasteiger partial charge is 0.461 e. The van der Waals surface area contributed by atoms with Crippen LogP contribution in [0.1, 0.15) is 28.4 Å². The summed E-state index contributed by atoms with van der Waals surface area (Å²) in [5, 5.41) is 40.5. The molecule has 0 radical (unpaired) electrons. The molecule has 2 aromatic rings. The molecule has 4 rings (SSSR count). The van der Waals surface area contributed by atoms with Gasteiger partial charge in [-0.3, -0.25) is 4.79 Å². The number of benzene rings is 2. The summed E-state index contributed by atoms with van der Waals surface area (Å²) >= 11 is 0. The maximum Gasteiger partial charge on any atom is 0.254 e. The Morgan fingerprint density at radius 3 is 2.49 bits per heavy atom. The number of carbonyl (C=O) groups is 1. The second-order valence-electron chi connectivity index (χ2n) is 9.44. The molecule has 190 valence electrons. The average Bonchev–Trinajstić information content (AvgIpc) is 2.85. The minimum atomic E-state index is -1.90. The van der Waals surface area contributed by atoms with Gasteiger partial charge in [-0.15, -0.1) is 0 Å². The van der Waals surface area contributed by atoms with Gasteiger partial charge in [0, 0.05) is 18.7 Å². The molecule has 0 spiro atoms. The summed E-state index contributed by atoms with van der Waals surface area (Å²) in [6.07, 6.45) is -5.41. The van der Waals surface area contributed by atoms with E-state index < -0.39 is 36.8 Å². The first-order valence-corrected chi connectivity index (χ1v) is 11.7. The third kappa shape index (κ3) is 5.20. The van der Waals surface area contributed by atoms with Crippen LogP contribution in [0.2, 0.25) is 0 Å². The van der Waals surface area contributed by atoms with E-state index in [2.05, 4.69) is 0 Å². The SMILES string of the molecule is Cc1cc(C(=O)N2CCOCC2)cc(-c2ccc(O[C@H]3O[C@H](CO)[C@@H](O)[C@H](O)[C@]3(C)O)c(C)c2)c1. The second-order valence-corrected chi connectivity index (χ2v) is 9.44. The molecule has 0 aromatic heterocycles. The van der Waals surface area contributed by atoms with Gasteiger partial charge in [-0.2, -0.15) is 0 Å². The predicted molar refractivity (Wildman–Crippen MR) is 127 cm³/mol. The van der Waals surface area contributed by atoms with Crippen molar-refractivity contribution in [1.29, 1.82) is 0 Å². The summed E-state index contributed by atoms with van der Waals surface area (Å²) in [6.45, 7) is 6.78. The zero-order valence-corrected chi connectivity index (χ0v) is 20.2. The molecule has 0 bridgehead atoms. The van der Waals surface area contributed by atoms with Gasteiger partial charge in [0.1, 0.15) is 24.1 Å². The lowest BCUT2D eigenvalue weighted by Gasteiger charge is -2.45. The van der Waals surface area contributed by atoms with Crippen LogP contribution in [0.25, 0.3) is 11.1 Å². The van der Waals surface area contributed by atoms with Crippen LogP contribution < -0.4 is 4.74 Å². The molecule has 35 heavy (non-hydrogen) atoms. The van der Waals surface area contributed by atoms with E-state index in [1.165, 1.54) is 6.92 Å². The number of hydrogen-bond acceptors (Lipinski definition) is 8. The van der Waals surface area contributed by atoms with Gasteiger partial charge >= 0.3 is 0 Å². The number of aliphatic hydroxyl groups is 4. The Kier molecular flexibility index (Phi) is 7.46. The van der Waals surface area contributed by atoms with Crippen LogP contribution in [0.3, 0.4) is 0 Å². The molecular weight excluding hydrogens is 454 g/mol. The lowest BCUT2D eigenvalue weighted by molar-refractivity contribution is -0.314. The summed E-state index contributed by atoms with van der Waals surface area (Å²) < 4.78 is 16.8. The monoisotopic (exact) mass is 487 g/mol. The quantitative estimate of drug-likeness (QED) is 0.492. The molecule has 0 unspecified atom stereocenters. The molecule has 2 aliphatic rings. The first-order chi connectivity index (χ1) is 16.6. The summed E-state index contributed by atoms with van der Waals surface area (Å²) in [5.74, 6) is 0.391. The Morgan fingerprint density at radius 2 is 1.83 bits per heavy atom. The fourth-order valence-corrected chi connectivity index (χ4v) is 4.46. The number of aliphatic hydroxyl groups excluding tert-OH is 3. The first kappa shape index (κ1) is 25.6.